The smallest absolute Gasteiger partial charge is 0.241 e. The molecule has 0 unspecified atom stereocenters. The van der Waals surface area contributed by atoms with E-state index in [0.29, 0.717) is 30.3 Å². The zero-order chi connectivity index (χ0) is 19.4. The van der Waals surface area contributed by atoms with Crippen LogP contribution in [0.3, 0.4) is 0 Å². The van der Waals surface area contributed by atoms with Gasteiger partial charge in [0.05, 0.1) is 29.7 Å². The molecule has 0 spiro atoms. The van der Waals surface area contributed by atoms with Gasteiger partial charge in [-0.1, -0.05) is 26.0 Å². The Morgan fingerprint density at radius 1 is 1.07 bits per heavy atom. The number of fused-ring (bicyclic) bond motifs is 1. The number of rotatable bonds is 5. The molecular weight excluding hydrogens is 364 g/mol. The van der Waals surface area contributed by atoms with Gasteiger partial charge in [0, 0.05) is 12.5 Å². The summed E-state index contributed by atoms with van der Waals surface area (Å²) in [7, 11) is -3.79. The van der Waals surface area contributed by atoms with Crippen molar-refractivity contribution >= 4 is 10.0 Å². The largest absolute Gasteiger partial charge is 0.490 e. The maximum absolute atomic E-state index is 12.9. The highest BCUT2D eigenvalue weighted by atomic mass is 32.2. The zero-order valence-electron chi connectivity index (χ0n) is 15.3. The van der Waals surface area contributed by atoms with Gasteiger partial charge in [-0.15, -0.1) is 0 Å². The average molecular weight is 386 g/mol. The molecule has 1 aliphatic rings. The summed E-state index contributed by atoms with van der Waals surface area (Å²) < 4.78 is 39.8. The lowest BCUT2D eigenvalue weighted by atomic mass is 9.97. The molecule has 0 saturated carbocycles. The van der Waals surface area contributed by atoms with Gasteiger partial charge < -0.3 is 9.47 Å². The first-order valence-electron chi connectivity index (χ1n) is 8.83. The van der Waals surface area contributed by atoms with Crippen molar-refractivity contribution in [3.63, 3.8) is 0 Å². The molecule has 6 nitrogen and oxygen atoms in total. The highest BCUT2D eigenvalue weighted by molar-refractivity contribution is 7.89. The number of ether oxygens (including phenoxy) is 2. The molecule has 0 amide bonds. The van der Waals surface area contributed by atoms with Crippen LogP contribution in [0.5, 0.6) is 11.5 Å². The monoisotopic (exact) mass is 386 g/mol. The Kier molecular flexibility index (Phi) is 5.68. The zero-order valence-corrected chi connectivity index (χ0v) is 16.1. The Morgan fingerprint density at radius 2 is 1.81 bits per heavy atom. The fourth-order valence-electron chi connectivity index (χ4n) is 2.93. The number of nitrogens with one attached hydrogen (secondary N) is 1. The van der Waals surface area contributed by atoms with Crippen LogP contribution in [0.15, 0.2) is 47.4 Å². The van der Waals surface area contributed by atoms with Crippen LogP contribution in [0.2, 0.25) is 0 Å². The molecule has 0 aliphatic carbocycles. The second-order valence-corrected chi connectivity index (χ2v) is 8.45. The van der Waals surface area contributed by atoms with Crippen molar-refractivity contribution in [2.45, 2.75) is 31.2 Å². The van der Waals surface area contributed by atoms with E-state index in [4.69, 9.17) is 14.7 Å². The Balaban J connectivity index is 1.92. The van der Waals surface area contributed by atoms with Crippen LogP contribution < -0.4 is 14.2 Å². The van der Waals surface area contributed by atoms with E-state index in [-0.39, 0.29) is 10.8 Å². The third-order valence-electron chi connectivity index (χ3n) is 4.35. The molecule has 142 valence electrons. The van der Waals surface area contributed by atoms with E-state index in [9.17, 15) is 8.42 Å². The lowest BCUT2D eigenvalue weighted by Gasteiger charge is -2.23. The van der Waals surface area contributed by atoms with E-state index in [1.807, 2.05) is 38.1 Å². The second kappa shape index (κ2) is 7.99. The highest BCUT2D eigenvalue weighted by Crippen LogP contribution is 2.34. The topological polar surface area (TPSA) is 88.4 Å². The fraction of sp³-hybridized carbons (Fsp3) is 0.350. The van der Waals surface area contributed by atoms with Gasteiger partial charge in [-0.05, 0) is 41.8 Å². The summed E-state index contributed by atoms with van der Waals surface area (Å²) >= 11 is 0. The molecule has 0 radical (unpaired) electrons. The van der Waals surface area contributed by atoms with Gasteiger partial charge in [-0.25, -0.2) is 13.1 Å². The number of benzene rings is 2. The Hall–Kier alpha value is -2.56. The van der Waals surface area contributed by atoms with Gasteiger partial charge in [0.1, 0.15) is 0 Å². The van der Waals surface area contributed by atoms with Crippen molar-refractivity contribution in [2.75, 3.05) is 13.2 Å². The predicted octanol–water partition coefficient (Wildman–Crippen LogP) is 3.40. The molecule has 2 aromatic rings. The highest BCUT2D eigenvalue weighted by Gasteiger charge is 2.25. The molecule has 3 rings (SSSR count). The first-order valence-corrected chi connectivity index (χ1v) is 10.3. The summed E-state index contributed by atoms with van der Waals surface area (Å²) in [5.74, 6) is 1.30. The summed E-state index contributed by atoms with van der Waals surface area (Å²) in [5.41, 5.74) is 1.10. The van der Waals surface area contributed by atoms with Gasteiger partial charge in [0.15, 0.2) is 11.5 Å². The van der Waals surface area contributed by atoms with E-state index in [1.54, 1.807) is 12.1 Å². The van der Waals surface area contributed by atoms with Gasteiger partial charge in [0.25, 0.3) is 0 Å². The van der Waals surface area contributed by atoms with Crippen molar-refractivity contribution in [3.05, 3.63) is 53.6 Å². The molecule has 1 N–H and O–H groups in total. The van der Waals surface area contributed by atoms with Crippen LogP contribution >= 0.6 is 0 Å². The molecule has 0 bridgehead atoms. The number of hydrogen-bond donors (Lipinski definition) is 1. The summed E-state index contributed by atoms with van der Waals surface area (Å²) in [6.07, 6.45) is 0.805. The molecule has 0 saturated heterocycles. The number of hydrogen-bond acceptors (Lipinski definition) is 5. The fourth-order valence-corrected chi connectivity index (χ4v) is 4.35. The van der Waals surface area contributed by atoms with Crippen LogP contribution in [0.25, 0.3) is 0 Å². The minimum atomic E-state index is -3.79. The molecular formula is C20H22N2O4S. The summed E-state index contributed by atoms with van der Waals surface area (Å²) in [5, 5.41) is 9.02. The van der Waals surface area contributed by atoms with Crippen molar-refractivity contribution in [2.24, 2.45) is 5.92 Å². The van der Waals surface area contributed by atoms with E-state index in [2.05, 4.69) is 4.72 Å². The number of nitrogens with zero attached hydrogens (tertiary/aromatic N) is 1. The van der Waals surface area contributed by atoms with Crippen molar-refractivity contribution in [1.29, 1.82) is 5.26 Å². The normalized spacial score (nSPS) is 15.0. The molecule has 1 aliphatic heterocycles. The summed E-state index contributed by atoms with van der Waals surface area (Å²) in [6.45, 7) is 5.06. The van der Waals surface area contributed by atoms with Crippen LogP contribution in [-0.4, -0.2) is 21.6 Å². The first-order chi connectivity index (χ1) is 12.9. The SMILES string of the molecule is CC(C)[C@@H](NS(=O)(=O)c1cccc(C#N)c1)c1ccc2c(c1)OCCCO2. The Labute approximate surface area is 159 Å². The molecule has 2 aromatic carbocycles. The van der Waals surface area contributed by atoms with Crippen LogP contribution in [0.1, 0.15) is 37.4 Å². The van der Waals surface area contributed by atoms with Crippen molar-refractivity contribution in [3.8, 4) is 17.6 Å². The minimum Gasteiger partial charge on any atom is -0.490 e. The molecule has 1 heterocycles. The second-order valence-electron chi connectivity index (χ2n) is 6.74. The number of sulfonamides is 1. The maximum atomic E-state index is 12.9. The van der Waals surface area contributed by atoms with E-state index in [0.717, 1.165) is 12.0 Å². The van der Waals surface area contributed by atoms with Gasteiger partial charge in [-0.2, -0.15) is 5.26 Å². The predicted molar refractivity (Wildman–Crippen MR) is 101 cm³/mol. The molecule has 1 atom stereocenters. The molecule has 7 heteroatoms. The first kappa shape index (κ1) is 19.2. The van der Waals surface area contributed by atoms with Crippen LogP contribution in [0.4, 0.5) is 0 Å². The van der Waals surface area contributed by atoms with Crippen molar-refractivity contribution in [1.82, 2.24) is 4.72 Å². The van der Waals surface area contributed by atoms with Gasteiger partial charge in [0.2, 0.25) is 10.0 Å². The summed E-state index contributed by atoms with van der Waals surface area (Å²) in [4.78, 5) is 0.0709. The van der Waals surface area contributed by atoms with E-state index >= 15 is 0 Å². The summed E-state index contributed by atoms with van der Waals surface area (Å²) in [6, 6.07) is 13.0. The lowest BCUT2D eigenvalue weighted by molar-refractivity contribution is 0.297. The van der Waals surface area contributed by atoms with E-state index in [1.165, 1.54) is 12.1 Å². The van der Waals surface area contributed by atoms with Crippen LogP contribution in [0, 0.1) is 17.2 Å². The van der Waals surface area contributed by atoms with E-state index < -0.39 is 16.1 Å². The third kappa shape index (κ3) is 4.41. The Morgan fingerprint density at radius 3 is 2.52 bits per heavy atom. The molecule has 0 fully saturated rings. The Bertz CT molecular complexity index is 964. The lowest BCUT2D eigenvalue weighted by Crippen LogP contribution is -2.31. The standard InChI is InChI=1S/C20H22N2O4S/c1-14(2)20(16-7-8-18-19(12-16)26-10-4-9-25-18)22-27(23,24)17-6-3-5-15(11-17)13-21/h3,5-8,11-12,14,20,22H,4,9-10H2,1-2H3/t20-/m1/s1. The van der Waals surface area contributed by atoms with Crippen LogP contribution in [-0.2, 0) is 10.0 Å². The molecule has 0 aromatic heterocycles. The van der Waals surface area contributed by atoms with Gasteiger partial charge >= 0.3 is 0 Å². The minimum absolute atomic E-state index is 0.00340. The van der Waals surface area contributed by atoms with Gasteiger partial charge in [-0.3, -0.25) is 0 Å². The number of nitriles is 1. The molecule has 27 heavy (non-hydrogen) atoms. The third-order valence-corrected chi connectivity index (χ3v) is 5.79. The quantitative estimate of drug-likeness (QED) is 0.851. The van der Waals surface area contributed by atoms with Crippen molar-refractivity contribution < 1.29 is 17.9 Å². The average Bonchev–Trinajstić information content (AvgIpc) is 2.90. The maximum Gasteiger partial charge on any atom is 0.241 e.